The molecule has 0 unspecified atom stereocenters. The zero-order valence-electron chi connectivity index (χ0n) is 21.5. The number of halogens is 1. The maximum Gasteiger partial charge on any atom is 0.219 e. The van der Waals surface area contributed by atoms with Crippen molar-refractivity contribution in [1.82, 2.24) is 0 Å². The number of nitrogens with zero attached hydrogens (tertiary/aromatic N) is 3. The second kappa shape index (κ2) is 11.6. The first-order chi connectivity index (χ1) is 17.4. The van der Waals surface area contributed by atoms with Crippen molar-refractivity contribution in [2.75, 3.05) is 30.0 Å². The molecule has 0 bridgehead atoms. The Kier molecular flexibility index (Phi) is 8.32. The minimum absolute atomic E-state index is 0.609. The minimum atomic E-state index is 0.609. The third-order valence-electron chi connectivity index (χ3n) is 7.01. The number of methoxy groups -OCH3 is 1. The van der Waals surface area contributed by atoms with Crippen LogP contribution in [0.1, 0.15) is 39.2 Å². The molecule has 0 radical (unpaired) electrons. The van der Waals surface area contributed by atoms with Crippen molar-refractivity contribution < 1.29 is 9.53 Å². The smallest absolute Gasteiger partial charge is 0.219 e. The number of amidine groups is 1. The number of carbonyl (C=O) groups is 1. The Balaban J connectivity index is 1.41. The molecule has 0 N–H and O–H groups in total. The number of fused-ring (bicyclic) bond motifs is 1. The van der Waals surface area contributed by atoms with E-state index in [4.69, 9.17) is 16.3 Å². The van der Waals surface area contributed by atoms with Gasteiger partial charge in [-0.15, -0.1) is 0 Å². The Morgan fingerprint density at radius 3 is 2.50 bits per heavy atom. The average Bonchev–Trinajstić information content (AvgIpc) is 2.89. The summed E-state index contributed by atoms with van der Waals surface area (Å²) >= 11 is 6.70. The summed E-state index contributed by atoms with van der Waals surface area (Å²) in [6.07, 6.45) is 5.99. The summed E-state index contributed by atoms with van der Waals surface area (Å²) in [6, 6.07) is 18.8. The summed E-state index contributed by atoms with van der Waals surface area (Å²) in [5.41, 5.74) is 3.96. The summed E-state index contributed by atoms with van der Waals surface area (Å²) in [6.45, 7) is 7.57. The summed E-state index contributed by atoms with van der Waals surface area (Å²) < 4.78 is 5.39. The second-order valence-corrected chi connectivity index (χ2v) is 9.79. The molecule has 5 nitrogen and oxygen atoms in total. The van der Waals surface area contributed by atoms with Gasteiger partial charge in [0.15, 0.2) is 0 Å². The van der Waals surface area contributed by atoms with E-state index in [-0.39, 0.29) is 0 Å². The van der Waals surface area contributed by atoms with Crippen LogP contribution in [-0.2, 0) is 11.2 Å². The van der Waals surface area contributed by atoms with Crippen molar-refractivity contribution >= 4 is 46.0 Å². The quantitative estimate of drug-likeness (QED) is 0.193. The normalized spacial score (nSPS) is 15.3. The molecule has 1 heterocycles. The molecule has 1 fully saturated rings. The lowest BCUT2D eigenvalue weighted by Crippen LogP contribution is -2.34. The number of rotatable bonds is 7. The van der Waals surface area contributed by atoms with Gasteiger partial charge < -0.3 is 9.64 Å². The van der Waals surface area contributed by atoms with Gasteiger partial charge >= 0.3 is 0 Å². The number of ether oxygens (including phenoxy) is 1. The molecule has 1 aliphatic rings. The number of amides is 1. The standard InChI is InChI=1S/C30H34ClN3O2/c1-5-21(2)32-22(3)34(20-35)27-9-11-30(29(31)19-27)33-14-12-23(13-15-33)16-24-6-7-25-8-10-28(36-4)18-26(25)17-24/h5-11,17-20,23H,12-16H2,1-4H3/b21-5-,32-22-. The van der Waals surface area contributed by atoms with Gasteiger partial charge in [-0.3, -0.25) is 9.69 Å². The summed E-state index contributed by atoms with van der Waals surface area (Å²) in [5, 5.41) is 3.11. The topological polar surface area (TPSA) is 45.1 Å². The van der Waals surface area contributed by atoms with Crippen LogP contribution in [0.5, 0.6) is 5.75 Å². The van der Waals surface area contributed by atoms with Gasteiger partial charge in [0.2, 0.25) is 6.41 Å². The minimum Gasteiger partial charge on any atom is -0.497 e. The lowest BCUT2D eigenvalue weighted by atomic mass is 9.89. The third-order valence-corrected chi connectivity index (χ3v) is 7.31. The molecular formula is C30H34ClN3O2. The SMILES string of the molecule is C/C=C(C)\N=C(\C)N(C=O)c1ccc(N2CCC(Cc3ccc4ccc(OC)cc4c3)CC2)c(Cl)c1. The highest BCUT2D eigenvalue weighted by Gasteiger charge is 2.22. The van der Waals surface area contributed by atoms with E-state index < -0.39 is 0 Å². The molecule has 0 atom stereocenters. The van der Waals surface area contributed by atoms with Crippen LogP contribution in [0.4, 0.5) is 11.4 Å². The molecule has 6 heteroatoms. The maximum atomic E-state index is 11.8. The molecule has 1 aliphatic heterocycles. The monoisotopic (exact) mass is 503 g/mol. The molecular weight excluding hydrogens is 470 g/mol. The van der Waals surface area contributed by atoms with Crippen molar-refractivity contribution in [1.29, 1.82) is 0 Å². The summed E-state index contributed by atoms with van der Waals surface area (Å²) in [5.74, 6) is 2.14. The van der Waals surface area contributed by atoms with E-state index >= 15 is 0 Å². The maximum absolute atomic E-state index is 11.8. The second-order valence-electron chi connectivity index (χ2n) is 9.38. The van der Waals surface area contributed by atoms with Crippen LogP contribution in [0.2, 0.25) is 5.02 Å². The molecule has 4 rings (SSSR count). The highest BCUT2D eigenvalue weighted by molar-refractivity contribution is 6.33. The Morgan fingerprint density at radius 1 is 1.08 bits per heavy atom. The van der Waals surface area contributed by atoms with Crippen molar-refractivity contribution in [3.63, 3.8) is 0 Å². The highest BCUT2D eigenvalue weighted by Crippen LogP contribution is 2.34. The Labute approximate surface area is 219 Å². The molecule has 0 spiro atoms. The molecule has 36 heavy (non-hydrogen) atoms. The number of allylic oxidation sites excluding steroid dienone is 2. The fourth-order valence-electron chi connectivity index (χ4n) is 4.84. The Morgan fingerprint density at radius 2 is 1.83 bits per heavy atom. The van der Waals surface area contributed by atoms with Crippen LogP contribution in [0.3, 0.4) is 0 Å². The fraction of sp³-hybridized carbons (Fsp3) is 0.333. The first kappa shape index (κ1) is 25.8. The predicted molar refractivity (Wildman–Crippen MR) is 152 cm³/mol. The molecule has 0 saturated carbocycles. The Hall–Kier alpha value is -3.31. The van der Waals surface area contributed by atoms with Crippen molar-refractivity contribution in [2.24, 2.45) is 10.9 Å². The molecule has 3 aromatic rings. The highest BCUT2D eigenvalue weighted by atomic mass is 35.5. The number of anilines is 2. The Bertz CT molecular complexity index is 1290. The molecule has 0 aliphatic carbocycles. The van der Waals surface area contributed by atoms with E-state index in [1.54, 1.807) is 7.11 Å². The molecule has 188 valence electrons. The van der Waals surface area contributed by atoms with Crippen LogP contribution < -0.4 is 14.5 Å². The fourth-order valence-corrected chi connectivity index (χ4v) is 5.13. The van der Waals surface area contributed by atoms with E-state index in [2.05, 4.69) is 40.2 Å². The predicted octanol–water partition coefficient (Wildman–Crippen LogP) is 7.27. The first-order valence-electron chi connectivity index (χ1n) is 12.5. The van der Waals surface area contributed by atoms with Crippen LogP contribution >= 0.6 is 11.6 Å². The summed E-state index contributed by atoms with van der Waals surface area (Å²) in [7, 11) is 1.71. The molecule has 1 amide bonds. The number of carbonyl (C=O) groups excluding carboxylic acids is 1. The number of hydrogen-bond acceptors (Lipinski definition) is 4. The first-order valence-corrected chi connectivity index (χ1v) is 12.8. The lowest BCUT2D eigenvalue weighted by Gasteiger charge is -2.34. The van der Waals surface area contributed by atoms with E-state index in [1.807, 2.05) is 51.1 Å². The van der Waals surface area contributed by atoms with Gasteiger partial charge in [0.25, 0.3) is 0 Å². The van der Waals surface area contributed by atoms with Crippen molar-refractivity contribution in [3.05, 3.63) is 77.0 Å². The largest absolute Gasteiger partial charge is 0.497 e. The van der Waals surface area contributed by atoms with E-state index in [0.29, 0.717) is 22.5 Å². The van der Waals surface area contributed by atoms with Crippen LogP contribution in [-0.4, -0.2) is 32.4 Å². The summed E-state index contributed by atoms with van der Waals surface area (Å²) in [4.78, 5) is 20.1. The average molecular weight is 504 g/mol. The molecule has 3 aromatic carbocycles. The number of aliphatic imine (C=N–C) groups is 1. The molecule has 0 aromatic heterocycles. The number of benzene rings is 3. The van der Waals surface area contributed by atoms with Crippen molar-refractivity contribution in [2.45, 2.75) is 40.0 Å². The van der Waals surface area contributed by atoms with E-state index in [9.17, 15) is 4.79 Å². The van der Waals surface area contributed by atoms with Gasteiger partial charge in [0, 0.05) is 18.8 Å². The van der Waals surface area contributed by atoms with Gasteiger partial charge in [-0.05, 0) is 92.6 Å². The lowest BCUT2D eigenvalue weighted by molar-refractivity contribution is -0.106. The van der Waals surface area contributed by atoms with E-state index in [0.717, 1.165) is 55.9 Å². The zero-order chi connectivity index (χ0) is 25.7. The third kappa shape index (κ3) is 5.90. The van der Waals surface area contributed by atoms with Crippen LogP contribution in [0.25, 0.3) is 10.8 Å². The van der Waals surface area contributed by atoms with Gasteiger partial charge in [-0.25, -0.2) is 4.99 Å². The molecule has 1 saturated heterocycles. The number of piperidine rings is 1. The van der Waals surface area contributed by atoms with Crippen LogP contribution in [0, 0.1) is 5.92 Å². The number of hydrogen-bond donors (Lipinski definition) is 0. The van der Waals surface area contributed by atoms with Gasteiger partial charge in [-0.2, -0.15) is 0 Å². The van der Waals surface area contributed by atoms with Gasteiger partial charge in [0.05, 0.1) is 23.5 Å². The van der Waals surface area contributed by atoms with Gasteiger partial charge in [-0.1, -0.05) is 41.9 Å². The van der Waals surface area contributed by atoms with Gasteiger partial charge in [0.1, 0.15) is 11.6 Å². The van der Waals surface area contributed by atoms with Crippen molar-refractivity contribution in [3.8, 4) is 5.75 Å². The van der Waals surface area contributed by atoms with Crippen LogP contribution in [0.15, 0.2) is 71.4 Å². The van der Waals surface area contributed by atoms with E-state index in [1.165, 1.54) is 21.2 Å². The zero-order valence-corrected chi connectivity index (χ0v) is 22.3.